The van der Waals surface area contributed by atoms with Crippen LogP contribution in [0, 0.1) is 17.7 Å². The highest BCUT2D eigenvalue weighted by Crippen LogP contribution is 2.44. The van der Waals surface area contributed by atoms with Crippen molar-refractivity contribution in [1.82, 2.24) is 5.32 Å². The van der Waals surface area contributed by atoms with E-state index in [-0.39, 0.29) is 22.5 Å². The van der Waals surface area contributed by atoms with Crippen LogP contribution < -0.4 is 10.0 Å². The molecule has 4 rings (SSSR count). The molecule has 7 heteroatoms. The van der Waals surface area contributed by atoms with E-state index in [0.29, 0.717) is 17.4 Å². The van der Waals surface area contributed by atoms with Crippen molar-refractivity contribution in [1.29, 1.82) is 0 Å². The highest BCUT2D eigenvalue weighted by atomic mass is 32.2. The Kier molecular flexibility index (Phi) is 4.63. The summed E-state index contributed by atoms with van der Waals surface area (Å²) in [5.74, 6) is 0.571. The maximum atomic E-state index is 13.0. The van der Waals surface area contributed by atoms with Crippen LogP contribution >= 0.6 is 0 Å². The van der Waals surface area contributed by atoms with E-state index in [0.717, 1.165) is 12.8 Å². The number of fused-ring (bicyclic) bond motifs is 2. The molecule has 2 saturated carbocycles. The van der Waals surface area contributed by atoms with Crippen molar-refractivity contribution in [3.63, 3.8) is 0 Å². The van der Waals surface area contributed by atoms with Crippen LogP contribution in [-0.2, 0) is 10.0 Å². The van der Waals surface area contributed by atoms with Gasteiger partial charge in [-0.25, -0.2) is 12.8 Å². The zero-order chi connectivity index (χ0) is 19.0. The third kappa shape index (κ3) is 3.83. The first-order valence-corrected chi connectivity index (χ1v) is 10.6. The molecular weight excluding hydrogens is 367 g/mol. The van der Waals surface area contributed by atoms with Gasteiger partial charge in [-0.05, 0) is 73.6 Å². The second kappa shape index (κ2) is 6.96. The number of halogens is 1. The predicted octanol–water partition coefficient (Wildman–Crippen LogP) is 3.54. The number of benzene rings is 2. The number of amides is 1. The summed E-state index contributed by atoms with van der Waals surface area (Å²) in [5, 5.41) is 3.07. The van der Waals surface area contributed by atoms with Crippen molar-refractivity contribution >= 4 is 21.6 Å². The van der Waals surface area contributed by atoms with Crippen LogP contribution in [-0.4, -0.2) is 20.4 Å². The third-order valence-electron chi connectivity index (χ3n) is 5.56. The van der Waals surface area contributed by atoms with Gasteiger partial charge in [-0.1, -0.05) is 12.5 Å². The summed E-state index contributed by atoms with van der Waals surface area (Å²) in [5.41, 5.74) is 0.577. The number of hydrogen-bond donors (Lipinski definition) is 2. The van der Waals surface area contributed by atoms with Gasteiger partial charge in [0, 0.05) is 17.3 Å². The van der Waals surface area contributed by atoms with Crippen LogP contribution in [0.4, 0.5) is 10.1 Å². The SMILES string of the molecule is O=C(N[C@@H]1C[C@@H]2CC[C@@H]1C2)c1cccc(S(=O)(=O)Nc2ccc(F)cc2)c1. The summed E-state index contributed by atoms with van der Waals surface area (Å²) < 4.78 is 40.5. The van der Waals surface area contributed by atoms with Gasteiger partial charge in [-0.2, -0.15) is 0 Å². The fourth-order valence-corrected chi connectivity index (χ4v) is 5.31. The van der Waals surface area contributed by atoms with Crippen molar-refractivity contribution in [3.8, 4) is 0 Å². The van der Waals surface area contributed by atoms with Crippen LogP contribution in [0.3, 0.4) is 0 Å². The Labute approximate surface area is 158 Å². The van der Waals surface area contributed by atoms with E-state index >= 15 is 0 Å². The Morgan fingerprint density at radius 3 is 2.48 bits per heavy atom. The van der Waals surface area contributed by atoms with E-state index in [9.17, 15) is 17.6 Å². The highest BCUT2D eigenvalue weighted by Gasteiger charge is 2.40. The van der Waals surface area contributed by atoms with Gasteiger partial charge in [-0.15, -0.1) is 0 Å². The molecule has 2 fully saturated rings. The van der Waals surface area contributed by atoms with Crippen molar-refractivity contribution in [2.24, 2.45) is 11.8 Å². The normalized spacial score (nSPS) is 24.0. The molecule has 1 amide bonds. The van der Waals surface area contributed by atoms with Gasteiger partial charge in [0.1, 0.15) is 5.82 Å². The quantitative estimate of drug-likeness (QED) is 0.823. The summed E-state index contributed by atoms with van der Waals surface area (Å²) in [4.78, 5) is 12.6. The molecule has 27 heavy (non-hydrogen) atoms. The molecule has 2 aliphatic rings. The van der Waals surface area contributed by atoms with Gasteiger partial charge in [-0.3, -0.25) is 9.52 Å². The van der Waals surface area contributed by atoms with E-state index < -0.39 is 15.8 Å². The fraction of sp³-hybridized carbons (Fsp3) is 0.350. The number of nitrogens with one attached hydrogen (secondary N) is 2. The Morgan fingerprint density at radius 2 is 1.81 bits per heavy atom. The summed E-state index contributed by atoms with van der Waals surface area (Å²) in [6.45, 7) is 0. The molecule has 0 aliphatic heterocycles. The minimum absolute atomic E-state index is 0.00702. The van der Waals surface area contributed by atoms with Gasteiger partial charge >= 0.3 is 0 Å². The van der Waals surface area contributed by atoms with Crippen molar-refractivity contribution in [2.45, 2.75) is 36.6 Å². The Morgan fingerprint density at radius 1 is 1.04 bits per heavy atom. The van der Waals surface area contributed by atoms with Crippen molar-refractivity contribution in [2.75, 3.05) is 4.72 Å². The van der Waals surface area contributed by atoms with Gasteiger partial charge in [0.2, 0.25) is 0 Å². The van der Waals surface area contributed by atoms with Gasteiger partial charge in [0.15, 0.2) is 0 Å². The number of hydrogen-bond acceptors (Lipinski definition) is 3. The van der Waals surface area contributed by atoms with E-state index in [1.165, 1.54) is 49.2 Å². The molecule has 0 aromatic heterocycles. The molecule has 2 aromatic carbocycles. The summed E-state index contributed by atoms with van der Waals surface area (Å²) in [6, 6.07) is 11.2. The zero-order valence-corrected chi connectivity index (χ0v) is 15.5. The lowest BCUT2D eigenvalue weighted by Crippen LogP contribution is -2.38. The molecule has 2 aliphatic carbocycles. The molecule has 2 bridgehead atoms. The van der Waals surface area contributed by atoms with Gasteiger partial charge < -0.3 is 5.32 Å². The second-order valence-electron chi connectivity index (χ2n) is 7.40. The van der Waals surface area contributed by atoms with Crippen LogP contribution in [0.25, 0.3) is 0 Å². The molecular formula is C20H21FN2O3S. The number of carbonyl (C=O) groups excluding carboxylic acids is 1. The summed E-state index contributed by atoms with van der Waals surface area (Å²) in [6.07, 6.45) is 4.60. The maximum Gasteiger partial charge on any atom is 0.261 e. The average molecular weight is 388 g/mol. The molecule has 0 unspecified atom stereocenters. The molecule has 2 aromatic rings. The topological polar surface area (TPSA) is 75.3 Å². The summed E-state index contributed by atoms with van der Waals surface area (Å²) >= 11 is 0. The lowest BCUT2D eigenvalue weighted by atomic mass is 9.95. The zero-order valence-electron chi connectivity index (χ0n) is 14.7. The van der Waals surface area contributed by atoms with Crippen LogP contribution in [0.1, 0.15) is 36.0 Å². The first kappa shape index (κ1) is 18.0. The van der Waals surface area contributed by atoms with E-state index in [2.05, 4.69) is 10.0 Å². The van der Waals surface area contributed by atoms with E-state index in [1.807, 2.05) is 0 Å². The Hall–Kier alpha value is -2.41. The first-order chi connectivity index (χ1) is 12.9. The number of anilines is 1. The second-order valence-corrected chi connectivity index (χ2v) is 9.08. The molecule has 0 spiro atoms. The lowest BCUT2D eigenvalue weighted by molar-refractivity contribution is 0.0922. The van der Waals surface area contributed by atoms with E-state index in [4.69, 9.17) is 0 Å². The number of carbonyl (C=O) groups is 1. The molecule has 0 radical (unpaired) electrons. The third-order valence-corrected chi connectivity index (χ3v) is 6.94. The van der Waals surface area contributed by atoms with Gasteiger partial charge in [0.05, 0.1) is 4.90 Å². The maximum absolute atomic E-state index is 13.0. The molecule has 5 nitrogen and oxygen atoms in total. The average Bonchev–Trinajstić information content (AvgIpc) is 3.27. The monoisotopic (exact) mass is 388 g/mol. The number of sulfonamides is 1. The van der Waals surface area contributed by atoms with Gasteiger partial charge in [0.25, 0.3) is 15.9 Å². The Bertz CT molecular complexity index is 959. The fourth-order valence-electron chi connectivity index (χ4n) is 4.21. The van der Waals surface area contributed by atoms with E-state index in [1.54, 1.807) is 12.1 Å². The van der Waals surface area contributed by atoms with Crippen molar-refractivity contribution in [3.05, 3.63) is 59.9 Å². The minimum Gasteiger partial charge on any atom is -0.349 e. The molecule has 0 saturated heterocycles. The highest BCUT2D eigenvalue weighted by molar-refractivity contribution is 7.92. The molecule has 0 heterocycles. The molecule has 2 N–H and O–H groups in total. The van der Waals surface area contributed by atoms with Crippen molar-refractivity contribution < 1.29 is 17.6 Å². The standard InChI is InChI=1S/C20H21FN2O3S/c21-16-6-8-17(9-7-16)23-27(25,26)18-3-1-2-15(12-18)20(24)22-19-11-13-4-5-14(19)10-13/h1-3,6-9,12-14,19,23H,4-5,10-11H2,(H,22,24)/t13-,14-,19-/m1/s1. The van der Waals surface area contributed by atoms with Crippen LogP contribution in [0.5, 0.6) is 0 Å². The van der Waals surface area contributed by atoms with Crippen LogP contribution in [0.2, 0.25) is 0 Å². The summed E-state index contributed by atoms with van der Waals surface area (Å²) in [7, 11) is -3.87. The Balaban J connectivity index is 1.49. The first-order valence-electron chi connectivity index (χ1n) is 9.10. The molecule has 142 valence electrons. The van der Waals surface area contributed by atoms with Crippen LogP contribution in [0.15, 0.2) is 53.4 Å². The smallest absolute Gasteiger partial charge is 0.261 e. The largest absolute Gasteiger partial charge is 0.349 e. The minimum atomic E-state index is -3.87. The molecule has 3 atom stereocenters. The number of rotatable bonds is 5. The predicted molar refractivity (Wildman–Crippen MR) is 100 cm³/mol. The lowest BCUT2D eigenvalue weighted by Gasteiger charge is -2.23.